The molecule has 72 valence electrons. The van der Waals surface area contributed by atoms with Crippen LogP contribution in [0.15, 0.2) is 16.6 Å². The molecule has 0 heterocycles. The minimum Gasteiger partial charge on any atom is -0.507 e. The number of halogens is 2. The van der Waals surface area contributed by atoms with Crippen molar-refractivity contribution in [3.8, 4) is 11.8 Å². The number of benzene rings is 1. The summed E-state index contributed by atoms with van der Waals surface area (Å²) < 4.78 is 13.8. The van der Waals surface area contributed by atoms with E-state index in [1.807, 2.05) is 0 Å². The van der Waals surface area contributed by atoms with E-state index >= 15 is 0 Å². The SMILES string of the molecule is N#CC1(c2cc(Br)c(O)cc2F)CC1. The number of hydrogen-bond donors (Lipinski definition) is 1. The summed E-state index contributed by atoms with van der Waals surface area (Å²) in [5.74, 6) is -0.648. The van der Waals surface area contributed by atoms with E-state index < -0.39 is 11.2 Å². The molecule has 2 nitrogen and oxygen atoms in total. The lowest BCUT2D eigenvalue weighted by atomic mass is 9.97. The van der Waals surface area contributed by atoms with E-state index in [1.54, 1.807) is 0 Å². The van der Waals surface area contributed by atoms with E-state index in [0.717, 1.165) is 6.07 Å². The first-order valence-electron chi connectivity index (χ1n) is 4.19. The minimum absolute atomic E-state index is 0.139. The molecule has 1 saturated carbocycles. The summed E-state index contributed by atoms with van der Waals surface area (Å²) in [5, 5.41) is 18.1. The van der Waals surface area contributed by atoms with E-state index in [2.05, 4.69) is 22.0 Å². The van der Waals surface area contributed by atoms with E-state index in [0.29, 0.717) is 22.9 Å². The second-order valence-electron chi connectivity index (χ2n) is 3.48. The molecule has 0 bridgehead atoms. The van der Waals surface area contributed by atoms with Gasteiger partial charge in [-0.3, -0.25) is 0 Å². The fourth-order valence-corrected chi connectivity index (χ4v) is 1.81. The maximum Gasteiger partial charge on any atom is 0.132 e. The molecule has 0 radical (unpaired) electrons. The van der Waals surface area contributed by atoms with Gasteiger partial charge in [0.05, 0.1) is 16.0 Å². The standard InChI is InChI=1S/C10H7BrFNO/c11-7-3-6(8(12)4-9(7)14)10(5-13)1-2-10/h3-4,14H,1-2H2. The molecule has 0 aliphatic heterocycles. The lowest BCUT2D eigenvalue weighted by molar-refractivity contribution is 0.463. The molecule has 1 aliphatic carbocycles. The Kier molecular flexibility index (Phi) is 2.00. The molecular weight excluding hydrogens is 249 g/mol. The average molecular weight is 256 g/mol. The molecule has 0 aromatic heterocycles. The molecule has 0 unspecified atom stereocenters. The van der Waals surface area contributed by atoms with Crippen molar-refractivity contribution in [2.75, 3.05) is 0 Å². The number of nitriles is 1. The molecule has 4 heteroatoms. The van der Waals surface area contributed by atoms with Crippen molar-refractivity contribution in [2.24, 2.45) is 0 Å². The Morgan fingerprint density at radius 2 is 2.14 bits per heavy atom. The molecule has 0 spiro atoms. The fourth-order valence-electron chi connectivity index (χ4n) is 1.47. The maximum absolute atomic E-state index is 13.4. The van der Waals surface area contributed by atoms with Crippen LogP contribution in [0.1, 0.15) is 18.4 Å². The topological polar surface area (TPSA) is 44.0 Å². The highest BCUT2D eigenvalue weighted by molar-refractivity contribution is 9.10. The molecule has 1 aromatic carbocycles. The fraction of sp³-hybridized carbons (Fsp3) is 0.300. The summed E-state index contributed by atoms with van der Waals surface area (Å²) in [7, 11) is 0. The Labute approximate surface area is 89.1 Å². The van der Waals surface area contributed by atoms with Crippen LogP contribution in [-0.2, 0) is 5.41 Å². The zero-order chi connectivity index (χ0) is 10.3. The van der Waals surface area contributed by atoms with Gasteiger partial charge in [0.15, 0.2) is 0 Å². The van der Waals surface area contributed by atoms with Crippen LogP contribution < -0.4 is 0 Å². The van der Waals surface area contributed by atoms with E-state index in [9.17, 15) is 9.50 Å². The highest BCUT2D eigenvalue weighted by Gasteiger charge is 2.47. The van der Waals surface area contributed by atoms with Gasteiger partial charge < -0.3 is 5.11 Å². The highest BCUT2D eigenvalue weighted by atomic mass is 79.9. The number of nitrogens with zero attached hydrogens (tertiary/aromatic N) is 1. The van der Waals surface area contributed by atoms with Crippen LogP contribution >= 0.6 is 15.9 Å². The smallest absolute Gasteiger partial charge is 0.132 e. The molecule has 1 aliphatic rings. The van der Waals surface area contributed by atoms with Crippen LogP contribution in [0.2, 0.25) is 0 Å². The zero-order valence-electron chi connectivity index (χ0n) is 7.22. The van der Waals surface area contributed by atoms with Crippen LogP contribution in [0.5, 0.6) is 5.75 Å². The molecule has 1 fully saturated rings. The summed E-state index contributed by atoms with van der Waals surface area (Å²) in [6.45, 7) is 0. The van der Waals surface area contributed by atoms with Gasteiger partial charge in [0.1, 0.15) is 11.6 Å². The minimum atomic E-state index is -0.652. The largest absolute Gasteiger partial charge is 0.507 e. The van der Waals surface area contributed by atoms with E-state index in [-0.39, 0.29) is 5.75 Å². The second-order valence-corrected chi connectivity index (χ2v) is 4.33. The van der Waals surface area contributed by atoms with Gasteiger partial charge in [-0.25, -0.2) is 4.39 Å². The molecule has 1 N–H and O–H groups in total. The van der Waals surface area contributed by atoms with E-state index in [4.69, 9.17) is 5.26 Å². The first-order valence-corrected chi connectivity index (χ1v) is 4.98. The van der Waals surface area contributed by atoms with Gasteiger partial charge in [-0.1, -0.05) is 0 Å². The Balaban J connectivity index is 2.55. The van der Waals surface area contributed by atoms with Crippen molar-refractivity contribution in [1.29, 1.82) is 5.26 Å². The monoisotopic (exact) mass is 255 g/mol. The van der Waals surface area contributed by atoms with Crippen molar-refractivity contribution in [2.45, 2.75) is 18.3 Å². The first-order chi connectivity index (χ1) is 6.59. The Bertz CT molecular complexity index is 434. The third kappa shape index (κ3) is 1.28. The number of aromatic hydroxyl groups is 1. The molecular formula is C10H7BrFNO. The summed E-state index contributed by atoms with van der Waals surface area (Å²) >= 11 is 3.10. The van der Waals surface area contributed by atoms with Crippen LogP contribution in [0.3, 0.4) is 0 Å². The van der Waals surface area contributed by atoms with Gasteiger partial charge in [0.25, 0.3) is 0 Å². The van der Waals surface area contributed by atoms with E-state index in [1.165, 1.54) is 6.07 Å². The third-order valence-corrected chi connectivity index (χ3v) is 3.15. The Hall–Kier alpha value is -1.08. The molecule has 0 atom stereocenters. The Morgan fingerprint density at radius 1 is 1.50 bits per heavy atom. The van der Waals surface area contributed by atoms with Gasteiger partial charge in [-0.2, -0.15) is 5.26 Å². The summed E-state index contributed by atoms with van der Waals surface area (Å²) in [6, 6.07) is 4.64. The number of rotatable bonds is 1. The van der Waals surface area contributed by atoms with Gasteiger partial charge in [-0.05, 0) is 34.8 Å². The van der Waals surface area contributed by atoms with Crippen LogP contribution in [0, 0.1) is 17.1 Å². The van der Waals surface area contributed by atoms with Gasteiger partial charge in [0, 0.05) is 11.6 Å². The molecule has 1 aromatic rings. The predicted octanol–water partition coefficient (Wildman–Crippen LogP) is 2.85. The average Bonchev–Trinajstić information content (AvgIpc) is 2.92. The van der Waals surface area contributed by atoms with Gasteiger partial charge in [0.2, 0.25) is 0 Å². The third-order valence-electron chi connectivity index (χ3n) is 2.52. The molecule has 2 rings (SSSR count). The zero-order valence-corrected chi connectivity index (χ0v) is 8.81. The lowest BCUT2D eigenvalue weighted by Crippen LogP contribution is -2.05. The highest BCUT2D eigenvalue weighted by Crippen LogP contribution is 2.49. The van der Waals surface area contributed by atoms with Gasteiger partial charge in [-0.15, -0.1) is 0 Å². The number of phenolic OH excluding ortho intramolecular Hbond substituents is 1. The summed E-state index contributed by atoms with van der Waals surface area (Å²) in [6.07, 6.45) is 1.38. The predicted molar refractivity (Wildman–Crippen MR) is 52.3 cm³/mol. The normalized spacial score (nSPS) is 17.5. The van der Waals surface area contributed by atoms with Gasteiger partial charge >= 0.3 is 0 Å². The molecule has 0 saturated heterocycles. The summed E-state index contributed by atoms with van der Waals surface area (Å²) in [4.78, 5) is 0. The van der Waals surface area contributed by atoms with Crippen LogP contribution in [0.25, 0.3) is 0 Å². The Morgan fingerprint density at radius 3 is 2.64 bits per heavy atom. The molecule has 14 heavy (non-hydrogen) atoms. The van der Waals surface area contributed by atoms with Crippen molar-refractivity contribution in [1.82, 2.24) is 0 Å². The quantitative estimate of drug-likeness (QED) is 0.839. The first kappa shape index (κ1) is 9.47. The maximum atomic E-state index is 13.4. The number of phenols is 1. The van der Waals surface area contributed by atoms with Crippen molar-refractivity contribution in [3.63, 3.8) is 0 Å². The van der Waals surface area contributed by atoms with Crippen molar-refractivity contribution >= 4 is 15.9 Å². The van der Waals surface area contributed by atoms with Crippen molar-refractivity contribution in [3.05, 3.63) is 28.0 Å². The second kappa shape index (κ2) is 2.96. The lowest BCUT2D eigenvalue weighted by Gasteiger charge is -2.08. The van der Waals surface area contributed by atoms with Crippen molar-refractivity contribution < 1.29 is 9.50 Å². The van der Waals surface area contributed by atoms with Crippen LogP contribution in [0.4, 0.5) is 4.39 Å². The summed E-state index contributed by atoms with van der Waals surface area (Å²) in [5.41, 5.74) is -0.273. The molecule has 0 amide bonds. The number of hydrogen-bond acceptors (Lipinski definition) is 2. The van der Waals surface area contributed by atoms with Crippen LogP contribution in [-0.4, -0.2) is 5.11 Å².